The molecule has 0 aliphatic rings. The molecule has 0 bridgehead atoms. The fraction of sp³-hybridized carbons (Fsp3) is 0.391. The van der Waals surface area contributed by atoms with Crippen molar-refractivity contribution in [2.75, 3.05) is 0 Å². The summed E-state index contributed by atoms with van der Waals surface area (Å²) in [6.07, 6.45) is 7.54. The van der Waals surface area contributed by atoms with E-state index >= 15 is 0 Å². The average Bonchev–Trinajstić information content (AvgIpc) is 2.68. The molecule has 0 aliphatic carbocycles. The first kappa shape index (κ1) is 19.1. The molecular formula is C23H28O2. The third-order valence-corrected chi connectivity index (χ3v) is 4.60. The predicted octanol–water partition coefficient (Wildman–Crippen LogP) is 6.12. The second-order valence-corrected chi connectivity index (χ2v) is 6.57. The maximum absolute atomic E-state index is 12.9. The summed E-state index contributed by atoms with van der Waals surface area (Å²) in [6, 6.07) is 18.4. The maximum atomic E-state index is 12.9. The standard InChI is InChI=1S/C23H28O2/c1-2-3-4-5-6-13-18-21(22(24)19-14-9-7-10-15-19)23(25)20-16-11-8-12-17-20/h7-12,14-17,21H,2-6,13,18H2,1H3. The molecule has 0 saturated heterocycles. The lowest BCUT2D eigenvalue weighted by Crippen LogP contribution is -2.24. The number of carbonyl (C=O) groups is 2. The lowest BCUT2D eigenvalue weighted by atomic mass is 9.86. The van der Waals surface area contributed by atoms with E-state index in [1.165, 1.54) is 25.7 Å². The molecule has 2 aromatic carbocycles. The third-order valence-electron chi connectivity index (χ3n) is 4.60. The molecule has 0 heterocycles. The Kier molecular flexibility index (Phi) is 8.11. The molecule has 132 valence electrons. The SMILES string of the molecule is CCCCCCCCC(C(=O)c1ccccc1)C(=O)c1ccccc1. The van der Waals surface area contributed by atoms with E-state index in [4.69, 9.17) is 0 Å². The summed E-state index contributed by atoms with van der Waals surface area (Å²) in [7, 11) is 0. The quantitative estimate of drug-likeness (QED) is 0.281. The number of carbonyl (C=O) groups excluding carboxylic acids is 2. The van der Waals surface area contributed by atoms with Gasteiger partial charge in [-0.2, -0.15) is 0 Å². The van der Waals surface area contributed by atoms with E-state index in [0.29, 0.717) is 17.5 Å². The Bertz CT molecular complexity index is 595. The Morgan fingerprint density at radius 2 is 1.12 bits per heavy atom. The number of benzene rings is 2. The lowest BCUT2D eigenvalue weighted by molar-refractivity contribution is 0.0797. The highest BCUT2D eigenvalue weighted by Gasteiger charge is 2.27. The summed E-state index contributed by atoms with van der Waals surface area (Å²) in [5.41, 5.74) is 1.26. The molecule has 0 radical (unpaired) electrons. The van der Waals surface area contributed by atoms with Gasteiger partial charge < -0.3 is 0 Å². The highest BCUT2D eigenvalue weighted by Crippen LogP contribution is 2.21. The number of unbranched alkanes of at least 4 members (excludes halogenated alkanes) is 5. The zero-order chi connectivity index (χ0) is 17.9. The highest BCUT2D eigenvalue weighted by molar-refractivity contribution is 6.16. The number of ketones is 2. The normalized spacial score (nSPS) is 10.8. The Labute approximate surface area is 151 Å². The van der Waals surface area contributed by atoms with Crippen molar-refractivity contribution in [1.82, 2.24) is 0 Å². The van der Waals surface area contributed by atoms with Crippen LogP contribution < -0.4 is 0 Å². The van der Waals surface area contributed by atoms with Gasteiger partial charge in [-0.05, 0) is 6.42 Å². The summed E-state index contributed by atoms with van der Waals surface area (Å²) >= 11 is 0. The minimum Gasteiger partial charge on any atom is -0.293 e. The summed E-state index contributed by atoms with van der Waals surface area (Å²) in [4.78, 5) is 25.8. The van der Waals surface area contributed by atoms with Gasteiger partial charge in [-0.1, -0.05) is 106 Å². The van der Waals surface area contributed by atoms with Crippen LogP contribution >= 0.6 is 0 Å². The van der Waals surface area contributed by atoms with Crippen LogP contribution in [0, 0.1) is 5.92 Å². The fourth-order valence-electron chi connectivity index (χ4n) is 3.12. The fourth-order valence-corrected chi connectivity index (χ4v) is 3.12. The van der Waals surface area contributed by atoms with Gasteiger partial charge in [-0.25, -0.2) is 0 Å². The summed E-state index contributed by atoms with van der Waals surface area (Å²) in [5.74, 6) is -0.679. The number of rotatable bonds is 11. The van der Waals surface area contributed by atoms with Crippen molar-refractivity contribution in [3.8, 4) is 0 Å². The Balaban J connectivity index is 2.06. The third kappa shape index (κ3) is 5.97. The monoisotopic (exact) mass is 336 g/mol. The van der Waals surface area contributed by atoms with Crippen molar-refractivity contribution < 1.29 is 9.59 Å². The second kappa shape index (κ2) is 10.6. The zero-order valence-electron chi connectivity index (χ0n) is 15.1. The zero-order valence-corrected chi connectivity index (χ0v) is 15.1. The first-order valence-corrected chi connectivity index (χ1v) is 9.42. The van der Waals surface area contributed by atoms with Gasteiger partial charge in [0.25, 0.3) is 0 Å². The van der Waals surface area contributed by atoms with Crippen LogP contribution in [0.3, 0.4) is 0 Å². The van der Waals surface area contributed by atoms with E-state index in [2.05, 4.69) is 6.92 Å². The molecule has 0 spiro atoms. The molecule has 0 atom stereocenters. The van der Waals surface area contributed by atoms with E-state index < -0.39 is 5.92 Å². The van der Waals surface area contributed by atoms with Crippen LogP contribution in [-0.4, -0.2) is 11.6 Å². The molecule has 25 heavy (non-hydrogen) atoms. The lowest BCUT2D eigenvalue weighted by Gasteiger charge is -2.15. The van der Waals surface area contributed by atoms with Gasteiger partial charge in [0.2, 0.25) is 0 Å². The van der Waals surface area contributed by atoms with Gasteiger partial charge in [0.15, 0.2) is 11.6 Å². The maximum Gasteiger partial charge on any atom is 0.173 e. The van der Waals surface area contributed by atoms with Crippen LogP contribution in [0.15, 0.2) is 60.7 Å². The Hall–Kier alpha value is -2.22. The van der Waals surface area contributed by atoms with Gasteiger partial charge in [0, 0.05) is 11.1 Å². The molecule has 2 aromatic rings. The van der Waals surface area contributed by atoms with Crippen molar-refractivity contribution in [3.05, 3.63) is 71.8 Å². The molecule has 0 aliphatic heterocycles. The molecule has 0 aromatic heterocycles. The first-order valence-electron chi connectivity index (χ1n) is 9.42. The van der Waals surface area contributed by atoms with Crippen molar-refractivity contribution in [2.24, 2.45) is 5.92 Å². The van der Waals surface area contributed by atoms with E-state index in [-0.39, 0.29) is 11.6 Å². The highest BCUT2D eigenvalue weighted by atomic mass is 16.2. The van der Waals surface area contributed by atoms with Gasteiger partial charge in [-0.15, -0.1) is 0 Å². The van der Waals surface area contributed by atoms with Crippen molar-refractivity contribution >= 4 is 11.6 Å². The predicted molar refractivity (Wildman–Crippen MR) is 103 cm³/mol. The van der Waals surface area contributed by atoms with Gasteiger partial charge >= 0.3 is 0 Å². The largest absolute Gasteiger partial charge is 0.293 e. The van der Waals surface area contributed by atoms with Crippen LogP contribution in [-0.2, 0) is 0 Å². The summed E-state index contributed by atoms with van der Waals surface area (Å²) < 4.78 is 0. The van der Waals surface area contributed by atoms with Crippen molar-refractivity contribution in [1.29, 1.82) is 0 Å². The molecular weight excluding hydrogens is 308 g/mol. The van der Waals surface area contributed by atoms with E-state index in [9.17, 15) is 9.59 Å². The molecule has 2 rings (SSSR count). The minimum atomic E-state index is -0.573. The number of hydrogen-bond donors (Lipinski definition) is 0. The number of Topliss-reactive ketones (excluding diaryl/α,β-unsaturated/α-hetero) is 2. The molecule has 2 heteroatoms. The molecule has 0 amide bonds. The molecule has 0 saturated carbocycles. The van der Waals surface area contributed by atoms with Crippen molar-refractivity contribution in [3.63, 3.8) is 0 Å². The van der Waals surface area contributed by atoms with Crippen molar-refractivity contribution in [2.45, 2.75) is 51.9 Å². The molecule has 2 nitrogen and oxygen atoms in total. The van der Waals surface area contributed by atoms with Crippen LogP contribution in [0.5, 0.6) is 0 Å². The summed E-state index contributed by atoms with van der Waals surface area (Å²) in [5, 5.41) is 0. The topological polar surface area (TPSA) is 34.1 Å². The number of hydrogen-bond acceptors (Lipinski definition) is 2. The van der Waals surface area contributed by atoms with Crippen LogP contribution in [0.2, 0.25) is 0 Å². The molecule has 0 fully saturated rings. The van der Waals surface area contributed by atoms with Crippen LogP contribution in [0.25, 0.3) is 0 Å². The van der Waals surface area contributed by atoms with E-state index in [1.54, 1.807) is 24.3 Å². The summed E-state index contributed by atoms with van der Waals surface area (Å²) in [6.45, 7) is 2.20. The molecule has 0 N–H and O–H groups in total. The van der Waals surface area contributed by atoms with E-state index in [0.717, 1.165) is 12.8 Å². The molecule has 0 unspecified atom stereocenters. The average molecular weight is 336 g/mol. The smallest absolute Gasteiger partial charge is 0.173 e. The Morgan fingerprint density at radius 3 is 1.60 bits per heavy atom. The first-order chi connectivity index (χ1) is 12.2. The van der Waals surface area contributed by atoms with Gasteiger partial charge in [0.1, 0.15) is 0 Å². The van der Waals surface area contributed by atoms with Crippen LogP contribution in [0.4, 0.5) is 0 Å². The second-order valence-electron chi connectivity index (χ2n) is 6.57. The van der Waals surface area contributed by atoms with E-state index in [1.807, 2.05) is 36.4 Å². The minimum absolute atomic E-state index is 0.0528. The Morgan fingerprint density at radius 1 is 0.680 bits per heavy atom. The van der Waals surface area contributed by atoms with Crippen LogP contribution in [0.1, 0.15) is 72.6 Å². The van der Waals surface area contributed by atoms with Gasteiger partial charge in [-0.3, -0.25) is 9.59 Å². The van der Waals surface area contributed by atoms with Gasteiger partial charge in [0.05, 0.1) is 5.92 Å².